The van der Waals surface area contributed by atoms with Crippen LogP contribution in [0.5, 0.6) is 0 Å². The second kappa shape index (κ2) is 5.43. The number of hydrogen-bond donors (Lipinski definition) is 0. The molecule has 1 fully saturated rings. The maximum Gasteiger partial charge on any atom is 0.276 e. The summed E-state index contributed by atoms with van der Waals surface area (Å²) in [7, 11) is 0.121. The molecule has 0 N–H and O–H groups in total. The lowest BCUT2D eigenvalue weighted by Crippen LogP contribution is -2.62. The molecule has 0 aromatic rings. The molecule has 15 heavy (non-hydrogen) atoms. The number of hydrogen-bond acceptors (Lipinski definition) is 3. The summed E-state index contributed by atoms with van der Waals surface area (Å²) in [5.41, 5.74) is 1.25. The minimum Gasteiger partial charge on any atom is -0.406 e. The smallest absolute Gasteiger partial charge is 0.276 e. The molecule has 0 unspecified atom stereocenters. The van der Waals surface area contributed by atoms with Crippen LogP contribution in [0.2, 0.25) is 11.1 Å². The number of nitrogens with zero attached hydrogens (tertiary/aromatic N) is 1. The summed E-state index contributed by atoms with van der Waals surface area (Å²) in [5.74, 6) is 0. The molecule has 1 rings (SSSR count). The molecule has 0 saturated carbocycles. The van der Waals surface area contributed by atoms with E-state index in [2.05, 4.69) is 32.3 Å². The van der Waals surface area contributed by atoms with Crippen molar-refractivity contribution in [3.05, 3.63) is 0 Å². The topological polar surface area (TPSA) is 21.7 Å². The highest BCUT2D eigenvalue weighted by molar-refractivity contribution is 6.73. The normalized spacial score (nSPS) is 20.2. The quantitative estimate of drug-likeness (QED) is 0.693. The number of ether oxygens (including phenoxy) is 1. The van der Waals surface area contributed by atoms with Crippen LogP contribution in [-0.4, -0.2) is 46.5 Å². The summed E-state index contributed by atoms with van der Waals surface area (Å²) >= 11 is 0. The lowest BCUT2D eigenvalue weighted by atomic mass is 10.5. The first-order valence-electron chi connectivity index (χ1n) is 5.93. The zero-order chi connectivity index (χ0) is 11.5. The van der Waals surface area contributed by atoms with Gasteiger partial charge in [-0.25, -0.2) is 0 Å². The molecule has 0 aromatic heterocycles. The highest BCUT2D eigenvalue weighted by Crippen LogP contribution is 2.36. The minimum absolute atomic E-state index is 0.626. The molecule has 0 radical (unpaired) electrons. The van der Waals surface area contributed by atoms with Crippen LogP contribution in [0.1, 0.15) is 27.7 Å². The molecular weight excluding hydrogens is 206 g/mol. The Labute approximate surface area is 95.0 Å². The Balaban J connectivity index is 2.86. The predicted octanol–water partition coefficient (Wildman–Crippen LogP) is 2.23. The molecule has 1 aliphatic heterocycles. The van der Waals surface area contributed by atoms with Crippen molar-refractivity contribution in [2.24, 2.45) is 0 Å². The van der Waals surface area contributed by atoms with E-state index in [1.807, 2.05) is 7.11 Å². The van der Waals surface area contributed by atoms with E-state index in [0.717, 1.165) is 26.3 Å². The van der Waals surface area contributed by atoms with Crippen molar-refractivity contribution in [2.75, 3.05) is 33.4 Å². The highest BCUT2D eigenvalue weighted by Gasteiger charge is 2.47. The Bertz CT molecular complexity index is 183. The molecule has 0 atom stereocenters. The van der Waals surface area contributed by atoms with Crippen LogP contribution in [0.3, 0.4) is 0 Å². The fraction of sp³-hybridized carbons (Fsp3) is 1.00. The first-order valence-corrected chi connectivity index (χ1v) is 7.94. The molecule has 1 aliphatic rings. The van der Waals surface area contributed by atoms with Gasteiger partial charge in [0, 0.05) is 20.2 Å². The Hall–Kier alpha value is 0.0969. The summed E-state index contributed by atoms with van der Waals surface area (Å²) in [5, 5.41) is 0. The van der Waals surface area contributed by atoms with E-state index in [-0.39, 0.29) is 0 Å². The van der Waals surface area contributed by atoms with E-state index in [1.165, 1.54) is 0 Å². The van der Waals surface area contributed by atoms with Crippen molar-refractivity contribution >= 4 is 8.48 Å². The van der Waals surface area contributed by atoms with Gasteiger partial charge in [-0.05, 0) is 11.1 Å². The van der Waals surface area contributed by atoms with E-state index in [9.17, 15) is 0 Å². The van der Waals surface area contributed by atoms with Gasteiger partial charge in [-0.2, -0.15) is 0 Å². The summed E-state index contributed by atoms with van der Waals surface area (Å²) in [4.78, 5) is 0. The molecule has 4 heteroatoms. The van der Waals surface area contributed by atoms with Crippen molar-refractivity contribution < 1.29 is 9.16 Å². The third-order valence-corrected chi connectivity index (χ3v) is 8.89. The van der Waals surface area contributed by atoms with Gasteiger partial charge in [0.15, 0.2) is 0 Å². The zero-order valence-corrected chi connectivity index (χ0v) is 11.7. The Morgan fingerprint density at radius 2 is 1.53 bits per heavy atom. The predicted molar refractivity (Wildman–Crippen MR) is 65.4 cm³/mol. The van der Waals surface area contributed by atoms with E-state index in [1.54, 1.807) is 0 Å². The Morgan fingerprint density at radius 3 is 1.87 bits per heavy atom. The van der Waals surface area contributed by atoms with Crippen LogP contribution in [0.25, 0.3) is 0 Å². The van der Waals surface area contributed by atoms with E-state index in [4.69, 9.17) is 9.16 Å². The van der Waals surface area contributed by atoms with Crippen LogP contribution >= 0.6 is 0 Å². The van der Waals surface area contributed by atoms with Crippen molar-refractivity contribution in [1.29, 1.82) is 0 Å². The number of morpholine rings is 1. The molecule has 0 aromatic carbocycles. The van der Waals surface area contributed by atoms with Crippen LogP contribution in [0.15, 0.2) is 0 Å². The largest absolute Gasteiger partial charge is 0.406 e. The van der Waals surface area contributed by atoms with Gasteiger partial charge in [0.05, 0.1) is 13.2 Å². The van der Waals surface area contributed by atoms with E-state index < -0.39 is 8.48 Å². The fourth-order valence-corrected chi connectivity index (χ4v) is 7.79. The molecule has 3 nitrogen and oxygen atoms in total. The highest BCUT2D eigenvalue weighted by atomic mass is 28.4. The monoisotopic (exact) mass is 231 g/mol. The average molecular weight is 231 g/mol. The molecule has 1 saturated heterocycles. The van der Waals surface area contributed by atoms with Gasteiger partial charge in [0.2, 0.25) is 0 Å². The standard InChI is InChI=1S/C11H25NO2Si/c1-10(2)15(13-5,11(3)4)12-6-8-14-9-7-12/h10-11H,6-9H2,1-5H3. The number of rotatable bonds is 4. The van der Waals surface area contributed by atoms with Gasteiger partial charge in [-0.15, -0.1) is 0 Å². The third-order valence-electron chi connectivity index (χ3n) is 3.49. The zero-order valence-electron chi connectivity index (χ0n) is 10.7. The summed E-state index contributed by atoms with van der Waals surface area (Å²) in [6, 6.07) is 0. The Morgan fingerprint density at radius 1 is 1.07 bits per heavy atom. The van der Waals surface area contributed by atoms with Gasteiger partial charge < -0.3 is 9.16 Å². The second-order valence-corrected chi connectivity index (χ2v) is 9.72. The van der Waals surface area contributed by atoms with E-state index >= 15 is 0 Å². The molecular formula is C11H25NO2Si. The SMILES string of the molecule is CO[Si](C(C)C)(C(C)C)N1CCOCC1. The summed E-state index contributed by atoms with van der Waals surface area (Å²) in [6.45, 7) is 13.0. The maximum absolute atomic E-state index is 6.01. The lowest BCUT2D eigenvalue weighted by molar-refractivity contribution is 0.0566. The summed E-state index contributed by atoms with van der Waals surface area (Å²) in [6.07, 6.45) is 0. The first kappa shape index (κ1) is 13.2. The maximum atomic E-state index is 6.01. The molecule has 90 valence electrons. The average Bonchev–Trinajstić information content (AvgIpc) is 2.20. The third kappa shape index (κ3) is 2.44. The van der Waals surface area contributed by atoms with Gasteiger partial charge in [-0.1, -0.05) is 27.7 Å². The van der Waals surface area contributed by atoms with E-state index in [0.29, 0.717) is 11.1 Å². The molecule has 0 spiro atoms. The van der Waals surface area contributed by atoms with Crippen LogP contribution in [0, 0.1) is 0 Å². The van der Waals surface area contributed by atoms with Gasteiger partial charge >= 0.3 is 0 Å². The molecule has 0 aliphatic carbocycles. The van der Waals surface area contributed by atoms with Gasteiger partial charge in [0.25, 0.3) is 8.48 Å². The minimum atomic E-state index is -1.77. The second-order valence-electron chi connectivity index (χ2n) is 4.86. The van der Waals surface area contributed by atoms with Crippen LogP contribution < -0.4 is 0 Å². The fourth-order valence-electron chi connectivity index (χ4n) is 2.91. The van der Waals surface area contributed by atoms with Crippen molar-refractivity contribution in [1.82, 2.24) is 4.57 Å². The van der Waals surface area contributed by atoms with Gasteiger partial charge in [-0.3, -0.25) is 4.57 Å². The lowest BCUT2D eigenvalue weighted by Gasteiger charge is -2.47. The van der Waals surface area contributed by atoms with Crippen molar-refractivity contribution in [2.45, 2.75) is 38.8 Å². The molecule has 0 amide bonds. The van der Waals surface area contributed by atoms with Crippen LogP contribution in [-0.2, 0) is 9.16 Å². The summed E-state index contributed by atoms with van der Waals surface area (Å²) < 4.78 is 14.0. The Kier molecular flexibility index (Phi) is 4.77. The van der Waals surface area contributed by atoms with Gasteiger partial charge in [0.1, 0.15) is 0 Å². The van der Waals surface area contributed by atoms with Crippen molar-refractivity contribution in [3.8, 4) is 0 Å². The molecule has 0 bridgehead atoms. The van der Waals surface area contributed by atoms with Crippen LogP contribution in [0.4, 0.5) is 0 Å². The molecule has 1 heterocycles. The van der Waals surface area contributed by atoms with Crippen molar-refractivity contribution in [3.63, 3.8) is 0 Å². The first-order chi connectivity index (χ1) is 7.05.